The first-order valence-electron chi connectivity index (χ1n) is 9.39. The van der Waals surface area contributed by atoms with Gasteiger partial charge in [0.25, 0.3) is 0 Å². The number of halogens is 4. The van der Waals surface area contributed by atoms with Crippen LogP contribution in [0.5, 0.6) is 0 Å². The highest BCUT2D eigenvalue weighted by molar-refractivity contribution is 6.28. The molecule has 1 aromatic heterocycles. The number of anilines is 1. The molecule has 1 N–H and O–H groups in total. The number of rotatable bonds is 3. The van der Waals surface area contributed by atoms with E-state index in [1.165, 1.54) is 12.5 Å². The van der Waals surface area contributed by atoms with Crippen LogP contribution in [0.1, 0.15) is 50.6 Å². The molecule has 2 aliphatic rings. The van der Waals surface area contributed by atoms with E-state index in [4.69, 9.17) is 11.6 Å². The van der Waals surface area contributed by atoms with E-state index < -0.39 is 18.1 Å². The van der Waals surface area contributed by atoms with Gasteiger partial charge in [-0.2, -0.15) is 13.2 Å². The third-order valence-corrected chi connectivity index (χ3v) is 5.56. The molecule has 1 aromatic rings. The van der Waals surface area contributed by atoms with Crippen molar-refractivity contribution in [1.82, 2.24) is 15.3 Å². The minimum absolute atomic E-state index is 0.0322. The van der Waals surface area contributed by atoms with Gasteiger partial charge >= 0.3 is 6.18 Å². The summed E-state index contributed by atoms with van der Waals surface area (Å²) >= 11 is 5.85. The van der Waals surface area contributed by atoms with Crippen molar-refractivity contribution in [2.45, 2.75) is 70.1 Å². The Morgan fingerprint density at radius 3 is 2.52 bits per heavy atom. The number of piperidine rings is 1. The first kappa shape index (κ1) is 20.2. The van der Waals surface area contributed by atoms with Crippen molar-refractivity contribution in [2.24, 2.45) is 5.92 Å². The standard InChI is InChI=1S/C18H24ClF3N4O/c1-11-9-15(25-17(19)23-11)26-10-12(7-8-14(26)18(20,21)22)16(27)24-13-5-3-2-4-6-13/h9,12-14H,2-8,10H2,1H3,(H,24,27). The summed E-state index contributed by atoms with van der Waals surface area (Å²) in [4.78, 5) is 21.7. The Balaban J connectivity index is 1.77. The summed E-state index contributed by atoms with van der Waals surface area (Å²) in [6.07, 6.45) is 0.861. The zero-order valence-electron chi connectivity index (χ0n) is 15.2. The highest BCUT2D eigenvalue weighted by Gasteiger charge is 2.48. The lowest BCUT2D eigenvalue weighted by atomic mass is 9.90. The van der Waals surface area contributed by atoms with E-state index >= 15 is 0 Å². The van der Waals surface area contributed by atoms with Crippen LogP contribution in [0.4, 0.5) is 19.0 Å². The Bertz CT molecular complexity index is 659. The van der Waals surface area contributed by atoms with Gasteiger partial charge in [0.15, 0.2) is 0 Å². The third-order valence-electron chi connectivity index (χ3n) is 5.39. The fourth-order valence-electron chi connectivity index (χ4n) is 4.01. The van der Waals surface area contributed by atoms with Gasteiger partial charge in [0.05, 0.1) is 5.92 Å². The number of hydrogen-bond acceptors (Lipinski definition) is 4. The minimum Gasteiger partial charge on any atom is -0.353 e. The number of nitrogens with zero attached hydrogens (tertiary/aromatic N) is 3. The van der Waals surface area contributed by atoms with Crippen LogP contribution in [0.25, 0.3) is 0 Å². The third kappa shape index (κ3) is 5.03. The topological polar surface area (TPSA) is 58.1 Å². The van der Waals surface area contributed by atoms with E-state index in [1.807, 2.05) is 0 Å². The van der Waals surface area contributed by atoms with Gasteiger partial charge < -0.3 is 10.2 Å². The summed E-state index contributed by atoms with van der Waals surface area (Å²) < 4.78 is 40.7. The van der Waals surface area contributed by atoms with Crippen molar-refractivity contribution in [1.29, 1.82) is 0 Å². The highest BCUT2D eigenvalue weighted by atomic mass is 35.5. The molecule has 1 amide bonds. The van der Waals surface area contributed by atoms with Gasteiger partial charge in [-0.1, -0.05) is 19.3 Å². The lowest BCUT2D eigenvalue weighted by Crippen LogP contribution is -2.55. The molecular formula is C18H24ClF3N4O. The van der Waals surface area contributed by atoms with Crippen molar-refractivity contribution in [3.05, 3.63) is 17.0 Å². The summed E-state index contributed by atoms with van der Waals surface area (Å²) in [5.74, 6) is -0.547. The maximum absolute atomic E-state index is 13.6. The summed E-state index contributed by atoms with van der Waals surface area (Å²) in [5, 5.41) is 2.93. The monoisotopic (exact) mass is 404 g/mol. The number of amides is 1. The molecule has 3 rings (SSSR count). The average Bonchev–Trinajstić information content (AvgIpc) is 2.60. The molecule has 2 atom stereocenters. The number of carbonyl (C=O) groups excluding carboxylic acids is 1. The second kappa shape index (κ2) is 8.20. The maximum atomic E-state index is 13.6. The smallest absolute Gasteiger partial charge is 0.353 e. The van der Waals surface area contributed by atoms with E-state index in [1.54, 1.807) is 6.92 Å². The van der Waals surface area contributed by atoms with Gasteiger partial charge in [-0.05, 0) is 44.2 Å². The highest BCUT2D eigenvalue weighted by Crippen LogP contribution is 2.36. The van der Waals surface area contributed by atoms with Crippen LogP contribution < -0.4 is 10.2 Å². The molecule has 2 heterocycles. The Hall–Kier alpha value is -1.57. The predicted molar refractivity (Wildman–Crippen MR) is 96.7 cm³/mol. The number of carbonyl (C=O) groups is 1. The van der Waals surface area contributed by atoms with Gasteiger partial charge in [-0.15, -0.1) is 0 Å². The largest absolute Gasteiger partial charge is 0.408 e. The molecule has 2 fully saturated rings. The molecule has 2 unspecified atom stereocenters. The maximum Gasteiger partial charge on any atom is 0.408 e. The molecule has 9 heteroatoms. The van der Waals surface area contributed by atoms with Crippen molar-refractivity contribution in [3.8, 4) is 0 Å². The van der Waals surface area contributed by atoms with E-state index in [2.05, 4.69) is 15.3 Å². The summed E-state index contributed by atoms with van der Waals surface area (Å²) in [7, 11) is 0. The molecular weight excluding hydrogens is 381 g/mol. The van der Waals surface area contributed by atoms with Crippen molar-refractivity contribution < 1.29 is 18.0 Å². The molecule has 27 heavy (non-hydrogen) atoms. The van der Waals surface area contributed by atoms with Crippen LogP contribution in [-0.2, 0) is 4.79 Å². The Morgan fingerprint density at radius 1 is 1.19 bits per heavy atom. The lowest BCUT2D eigenvalue weighted by molar-refractivity contribution is -0.156. The van der Waals surface area contributed by atoms with Crippen LogP contribution in [0.2, 0.25) is 5.28 Å². The van der Waals surface area contributed by atoms with Crippen LogP contribution >= 0.6 is 11.6 Å². The second-order valence-corrected chi connectivity index (χ2v) is 7.80. The summed E-state index contributed by atoms with van der Waals surface area (Å²) in [5.41, 5.74) is 0.486. The van der Waals surface area contributed by atoms with Gasteiger partial charge in [0, 0.05) is 24.3 Å². The van der Waals surface area contributed by atoms with E-state index in [0.717, 1.165) is 30.6 Å². The van der Waals surface area contributed by atoms with E-state index in [9.17, 15) is 18.0 Å². The number of aromatic nitrogens is 2. The van der Waals surface area contributed by atoms with Crippen molar-refractivity contribution in [2.75, 3.05) is 11.4 Å². The Labute approximate surface area is 161 Å². The van der Waals surface area contributed by atoms with Crippen LogP contribution in [0.15, 0.2) is 6.07 Å². The molecule has 0 bridgehead atoms. The molecule has 5 nitrogen and oxygen atoms in total. The van der Waals surface area contributed by atoms with Crippen LogP contribution in [0.3, 0.4) is 0 Å². The Morgan fingerprint density at radius 2 is 1.89 bits per heavy atom. The summed E-state index contributed by atoms with van der Waals surface area (Å²) in [6, 6.07) is -0.0659. The summed E-state index contributed by atoms with van der Waals surface area (Å²) in [6.45, 7) is 1.62. The quantitative estimate of drug-likeness (QED) is 0.772. The first-order valence-corrected chi connectivity index (χ1v) is 9.77. The minimum atomic E-state index is -4.41. The first-order chi connectivity index (χ1) is 12.7. The second-order valence-electron chi connectivity index (χ2n) is 7.46. The van der Waals surface area contributed by atoms with Gasteiger partial charge in [-0.25, -0.2) is 9.97 Å². The number of alkyl halides is 3. The normalized spacial score (nSPS) is 24.7. The number of nitrogens with one attached hydrogen (secondary N) is 1. The predicted octanol–water partition coefficient (Wildman–Crippen LogP) is 4.03. The van der Waals surface area contributed by atoms with Crippen molar-refractivity contribution in [3.63, 3.8) is 0 Å². The fraction of sp³-hybridized carbons (Fsp3) is 0.722. The molecule has 1 aliphatic carbocycles. The van der Waals surface area contributed by atoms with E-state index in [-0.39, 0.29) is 42.4 Å². The average molecular weight is 405 g/mol. The lowest BCUT2D eigenvalue weighted by Gasteiger charge is -2.41. The molecule has 1 aliphatic heterocycles. The molecule has 0 radical (unpaired) electrons. The fourth-order valence-corrected chi connectivity index (χ4v) is 4.23. The molecule has 150 valence electrons. The van der Waals surface area contributed by atoms with Gasteiger partial charge in [0.2, 0.25) is 11.2 Å². The molecule has 0 aromatic carbocycles. The molecule has 1 saturated heterocycles. The van der Waals surface area contributed by atoms with Gasteiger partial charge in [0.1, 0.15) is 11.9 Å². The van der Waals surface area contributed by atoms with Crippen LogP contribution in [0, 0.1) is 12.8 Å². The Kier molecular flexibility index (Phi) is 6.13. The SMILES string of the molecule is Cc1cc(N2CC(C(=O)NC3CCCCC3)CCC2C(F)(F)F)nc(Cl)n1. The number of hydrogen-bond donors (Lipinski definition) is 1. The zero-order chi connectivity index (χ0) is 19.6. The molecule has 0 spiro atoms. The van der Waals surface area contributed by atoms with Gasteiger partial charge in [-0.3, -0.25) is 4.79 Å². The van der Waals surface area contributed by atoms with Crippen molar-refractivity contribution >= 4 is 23.3 Å². The zero-order valence-corrected chi connectivity index (χ0v) is 16.0. The van der Waals surface area contributed by atoms with E-state index in [0.29, 0.717) is 5.69 Å². The molecule has 1 saturated carbocycles. The van der Waals surface area contributed by atoms with Crippen LogP contribution in [-0.4, -0.2) is 40.7 Å². The number of aryl methyl sites for hydroxylation is 1.